The van der Waals surface area contributed by atoms with E-state index in [2.05, 4.69) is 6.92 Å². The van der Waals surface area contributed by atoms with Gasteiger partial charge >= 0.3 is 0 Å². The molecule has 1 atom stereocenters. The Hall–Kier alpha value is -0.920. The molecular weight excluding hydrogens is 344 g/mol. The summed E-state index contributed by atoms with van der Waals surface area (Å²) in [5, 5.41) is 0. The molecular formula is C17H26N2O3S2. The van der Waals surface area contributed by atoms with Crippen LogP contribution in [-0.4, -0.2) is 49.7 Å². The van der Waals surface area contributed by atoms with Crippen molar-refractivity contribution in [3.63, 3.8) is 0 Å². The lowest BCUT2D eigenvalue weighted by molar-refractivity contribution is -0.131. The lowest BCUT2D eigenvalue weighted by Crippen LogP contribution is -2.37. The molecule has 1 amide bonds. The third-order valence-electron chi connectivity index (χ3n) is 5.18. The first-order valence-electron chi connectivity index (χ1n) is 8.74. The molecule has 2 fully saturated rings. The molecule has 0 radical (unpaired) electrons. The van der Waals surface area contributed by atoms with Crippen molar-refractivity contribution >= 4 is 27.3 Å². The van der Waals surface area contributed by atoms with Crippen LogP contribution in [0.3, 0.4) is 0 Å². The van der Waals surface area contributed by atoms with Crippen LogP contribution in [0.15, 0.2) is 16.3 Å². The summed E-state index contributed by atoms with van der Waals surface area (Å²) < 4.78 is 27.3. The fraction of sp³-hybridized carbons (Fsp3) is 0.706. The smallest absolute Gasteiger partial charge is 0.252 e. The van der Waals surface area contributed by atoms with Crippen LogP contribution in [0, 0.1) is 5.92 Å². The number of carbonyl (C=O) groups excluding carboxylic acids is 1. The van der Waals surface area contributed by atoms with Crippen molar-refractivity contribution in [3.8, 4) is 0 Å². The number of amides is 1. The van der Waals surface area contributed by atoms with Gasteiger partial charge in [-0.25, -0.2) is 8.42 Å². The topological polar surface area (TPSA) is 57.7 Å². The summed E-state index contributed by atoms with van der Waals surface area (Å²) in [7, 11) is -1.54. The zero-order chi connectivity index (χ0) is 17.3. The molecule has 24 heavy (non-hydrogen) atoms. The van der Waals surface area contributed by atoms with Gasteiger partial charge in [-0.3, -0.25) is 4.79 Å². The van der Waals surface area contributed by atoms with E-state index >= 15 is 0 Å². The van der Waals surface area contributed by atoms with Gasteiger partial charge in [0.05, 0.1) is 6.42 Å². The fourth-order valence-corrected chi connectivity index (χ4v) is 6.24. The van der Waals surface area contributed by atoms with Gasteiger partial charge in [-0.1, -0.05) is 6.42 Å². The molecule has 1 aromatic rings. The molecule has 1 saturated heterocycles. The molecule has 2 heterocycles. The number of carbonyl (C=O) groups is 1. The highest BCUT2D eigenvalue weighted by Crippen LogP contribution is 2.35. The third kappa shape index (κ3) is 3.83. The lowest BCUT2D eigenvalue weighted by atomic mass is 10.2. The minimum atomic E-state index is -3.39. The Balaban J connectivity index is 1.65. The van der Waals surface area contributed by atoms with E-state index in [-0.39, 0.29) is 18.4 Å². The second kappa shape index (κ2) is 7.14. The van der Waals surface area contributed by atoms with Crippen molar-refractivity contribution < 1.29 is 13.2 Å². The maximum absolute atomic E-state index is 12.7. The van der Waals surface area contributed by atoms with Gasteiger partial charge in [-0.05, 0) is 50.7 Å². The summed E-state index contributed by atoms with van der Waals surface area (Å²) in [6, 6.07) is 3.71. The van der Waals surface area contributed by atoms with Gasteiger partial charge in [0.15, 0.2) is 0 Å². The Morgan fingerprint density at radius 3 is 2.58 bits per heavy atom. The standard InChI is InChI=1S/C17H26N2O3S2/c1-13(14-6-7-14)18(2)16(20)12-15-8-9-17(23-15)24(21,22)19-10-4-3-5-11-19/h8-9,13-14H,3-7,10-12H2,1-2H3. The van der Waals surface area contributed by atoms with E-state index < -0.39 is 10.0 Å². The normalized spacial score (nSPS) is 20.8. The molecule has 1 unspecified atom stereocenters. The number of hydrogen-bond donors (Lipinski definition) is 0. The highest BCUT2D eigenvalue weighted by atomic mass is 32.2. The fourth-order valence-electron chi connectivity index (χ4n) is 3.22. The number of sulfonamides is 1. The number of hydrogen-bond acceptors (Lipinski definition) is 4. The van der Waals surface area contributed by atoms with Crippen LogP contribution in [0.5, 0.6) is 0 Å². The maximum atomic E-state index is 12.7. The molecule has 0 aromatic carbocycles. The first kappa shape index (κ1) is 17.9. The van der Waals surface area contributed by atoms with E-state index in [1.54, 1.807) is 16.4 Å². The van der Waals surface area contributed by atoms with Gasteiger partial charge in [0, 0.05) is 31.1 Å². The predicted octanol–water partition coefficient (Wildman–Crippen LogP) is 2.72. The first-order chi connectivity index (χ1) is 11.4. The largest absolute Gasteiger partial charge is 0.342 e. The molecule has 0 bridgehead atoms. The average molecular weight is 371 g/mol. The van der Waals surface area contributed by atoms with Crippen molar-refractivity contribution in [2.75, 3.05) is 20.1 Å². The zero-order valence-corrected chi connectivity index (χ0v) is 16.0. The number of rotatable bonds is 6. The van der Waals surface area contributed by atoms with Gasteiger partial charge < -0.3 is 4.90 Å². The molecule has 1 aromatic heterocycles. The Bertz CT molecular complexity index is 688. The summed E-state index contributed by atoms with van der Waals surface area (Å²) >= 11 is 1.24. The van der Waals surface area contributed by atoms with Crippen molar-refractivity contribution in [1.82, 2.24) is 9.21 Å². The van der Waals surface area contributed by atoms with Crippen LogP contribution < -0.4 is 0 Å². The number of likely N-dealkylation sites (N-methyl/N-ethyl adjacent to an activating group) is 1. The highest BCUT2D eigenvalue weighted by Gasteiger charge is 2.33. The summed E-state index contributed by atoms with van der Waals surface area (Å²) in [6.45, 7) is 3.31. The minimum absolute atomic E-state index is 0.0678. The molecule has 5 nitrogen and oxygen atoms in total. The SMILES string of the molecule is CC(C1CC1)N(C)C(=O)Cc1ccc(S(=O)(=O)N2CCCCC2)s1. The summed E-state index contributed by atoms with van der Waals surface area (Å²) in [6.07, 6.45) is 5.65. The van der Waals surface area contributed by atoms with Gasteiger partial charge in [0.25, 0.3) is 10.0 Å². The van der Waals surface area contributed by atoms with E-state index in [1.807, 2.05) is 11.9 Å². The molecule has 0 spiro atoms. The Morgan fingerprint density at radius 2 is 1.96 bits per heavy atom. The van der Waals surface area contributed by atoms with E-state index in [0.717, 1.165) is 24.1 Å². The quantitative estimate of drug-likeness (QED) is 0.774. The van der Waals surface area contributed by atoms with E-state index in [9.17, 15) is 13.2 Å². The first-order valence-corrected chi connectivity index (χ1v) is 11.0. The summed E-state index contributed by atoms with van der Waals surface area (Å²) in [5.41, 5.74) is 0. The van der Waals surface area contributed by atoms with Crippen molar-refractivity contribution in [2.45, 2.75) is 55.7 Å². The highest BCUT2D eigenvalue weighted by molar-refractivity contribution is 7.91. The second-order valence-corrected chi connectivity index (χ2v) is 10.3. The predicted molar refractivity (Wildman–Crippen MR) is 95.6 cm³/mol. The van der Waals surface area contributed by atoms with Crippen LogP contribution in [0.2, 0.25) is 0 Å². The van der Waals surface area contributed by atoms with E-state index in [1.165, 1.54) is 24.2 Å². The van der Waals surface area contributed by atoms with Gasteiger partial charge in [0.2, 0.25) is 5.91 Å². The summed E-state index contributed by atoms with van der Waals surface area (Å²) in [4.78, 5) is 15.1. The number of nitrogens with zero attached hydrogens (tertiary/aromatic N) is 2. The van der Waals surface area contributed by atoms with E-state index in [0.29, 0.717) is 23.2 Å². The maximum Gasteiger partial charge on any atom is 0.252 e. The third-order valence-corrected chi connectivity index (χ3v) is 8.63. The van der Waals surface area contributed by atoms with Crippen molar-refractivity contribution in [3.05, 3.63) is 17.0 Å². The van der Waals surface area contributed by atoms with Crippen LogP contribution in [0.4, 0.5) is 0 Å². The average Bonchev–Trinajstić information content (AvgIpc) is 3.33. The molecule has 1 aliphatic heterocycles. The summed E-state index contributed by atoms with van der Waals surface area (Å²) in [5.74, 6) is 0.704. The molecule has 1 saturated carbocycles. The van der Waals surface area contributed by atoms with Crippen LogP contribution in [-0.2, 0) is 21.2 Å². The Kier molecular flexibility index (Phi) is 5.32. The second-order valence-electron chi connectivity index (χ2n) is 6.94. The van der Waals surface area contributed by atoms with Crippen LogP contribution >= 0.6 is 11.3 Å². The molecule has 0 N–H and O–H groups in total. The molecule has 134 valence electrons. The number of piperidine rings is 1. The van der Waals surface area contributed by atoms with Gasteiger partial charge in [0.1, 0.15) is 4.21 Å². The van der Waals surface area contributed by atoms with Crippen molar-refractivity contribution in [1.29, 1.82) is 0 Å². The van der Waals surface area contributed by atoms with Gasteiger partial charge in [-0.2, -0.15) is 4.31 Å². The zero-order valence-electron chi connectivity index (χ0n) is 14.4. The Labute approximate surface area is 148 Å². The minimum Gasteiger partial charge on any atom is -0.342 e. The Morgan fingerprint density at radius 1 is 1.29 bits per heavy atom. The van der Waals surface area contributed by atoms with Crippen LogP contribution in [0.1, 0.15) is 43.9 Å². The van der Waals surface area contributed by atoms with Gasteiger partial charge in [-0.15, -0.1) is 11.3 Å². The number of thiophene rings is 1. The molecule has 7 heteroatoms. The molecule has 2 aliphatic rings. The van der Waals surface area contributed by atoms with Crippen molar-refractivity contribution in [2.24, 2.45) is 5.92 Å². The monoisotopic (exact) mass is 370 g/mol. The molecule has 1 aliphatic carbocycles. The lowest BCUT2D eigenvalue weighted by Gasteiger charge is -2.25. The van der Waals surface area contributed by atoms with Crippen LogP contribution in [0.25, 0.3) is 0 Å². The molecule has 3 rings (SSSR count). The van der Waals surface area contributed by atoms with E-state index in [4.69, 9.17) is 0 Å².